The Balaban J connectivity index is 2.36. The molecule has 3 nitrogen and oxygen atoms in total. The number of ether oxygens (including phenoxy) is 1. The van der Waals surface area contributed by atoms with Crippen LogP contribution >= 0.6 is 0 Å². The van der Waals surface area contributed by atoms with Gasteiger partial charge in [-0.05, 0) is 24.3 Å². The second-order valence-corrected chi connectivity index (χ2v) is 3.54. The summed E-state index contributed by atoms with van der Waals surface area (Å²) in [4.78, 5) is 4.32. The highest BCUT2D eigenvalue weighted by atomic mass is 16.5. The lowest BCUT2D eigenvalue weighted by Crippen LogP contribution is -1.88. The second kappa shape index (κ2) is 5.33. The molecular weight excluding hydrogens is 214 g/mol. The van der Waals surface area contributed by atoms with Crippen molar-refractivity contribution in [3.8, 4) is 17.7 Å². The van der Waals surface area contributed by atoms with Crippen LogP contribution in [0.2, 0.25) is 0 Å². The van der Waals surface area contributed by atoms with Crippen LogP contribution in [0.5, 0.6) is 5.88 Å². The third-order valence-corrected chi connectivity index (χ3v) is 2.34. The van der Waals surface area contributed by atoms with E-state index in [1.54, 1.807) is 7.11 Å². The third kappa shape index (κ3) is 2.74. The Hall–Kier alpha value is -2.05. The number of benzene rings is 1. The number of rotatable bonds is 2. The van der Waals surface area contributed by atoms with Gasteiger partial charge in [-0.15, -0.1) is 0 Å². The maximum atomic E-state index is 8.65. The molecule has 0 unspecified atom stereocenters. The molecule has 1 heterocycles. The summed E-state index contributed by atoms with van der Waals surface area (Å²) in [6.45, 7) is 0.0966. The molecule has 2 rings (SSSR count). The van der Waals surface area contributed by atoms with Gasteiger partial charge in [0, 0.05) is 23.4 Å². The topological polar surface area (TPSA) is 42.4 Å². The molecule has 0 fully saturated rings. The Morgan fingerprint density at radius 2 is 2.18 bits per heavy atom. The fourth-order valence-electron chi connectivity index (χ4n) is 1.52. The molecule has 0 amide bonds. The normalized spacial score (nSPS) is 9.76. The first kappa shape index (κ1) is 11.4. The highest BCUT2D eigenvalue weighted by molar-refractivity contribution is 5.80. The van der Waals surface area contributed by atoms with Crippen LogP contribution < -0.4 is 4.74 Å². The van der Waals surface area contributed by atoms with Gasteiger partial charge in [0.1, 0.15) is 0 Å². The van der Waals surface area contributed by atoms with E-state index in [0.29, 0.717) is 12.3 Å². The van der Waals surface area contributed by atoms with Crippen molar-refractivity contribution in [3.05, 3.63) is 35.9 Å². The molecule has 2 aromatic rings. The average Bonchev–Trinajstić information content (AvgIpc) is 2.38. The molecule has 17 heavy (non-hydrogen) atoms. The van der Waals surface area contributed by atoms with Gasteiger partial charge in [0.25, 0.3) is 0 Å². The van der Waals surface area contributed by atoms with Crippen LogP contribution in [0.4, 0.5) is 0 Å². The van der Waals surface area contributed by atoms with Crippen molar-refractivity contribution in [1.29, 1.82) is 0 Å². The predicted molar refractivity (Wildman–Crippen MR) is 66.9 cm³/mol. The molecule has 0 radical (unpaired) electrons. The molecule has 0 spiro atoms. The van der Waals surface area contributed by atoms with Gasteiger partial charge in [-0.2, -0.15) is 0 Å². The molecule has 0 bridgehead atoms. The lowest BCUT2D eigenvalue weighted by molar-refractivity contribution is 0.305. The molecule has 1 N–H and O–H groups in total. The average molecular weight is 227 g/mol. The van der Waals surface area contributed by atoms with Crippen molar-refractivity contribution in [2.45, 2.75) is 6.42 Å². The zero-order valence-corrected chi connectivity index (χ0v) is 9.60. The molecule has 1 aromatic carbocycles. The minimum atomic E-state index is 0.0966. The standard InChI is InChI=1S/C14H13NO2/c1-17-14-8-6-12-10-11(4-2-3-9-16)5-7-13(12)15-14/h5-8,10,16H,3,9H2,1H3. The van der Waals surface area contributed by atoms with Crippen LogP contribution in [-0.2, 0) is 0 Å². The summed E-state index contributed by atoms with van der Waals surface area (Å²) in [7, 11) is 1.60. The van der Waals surface area contributed by atoms with E-state index in [2.05, 4.69) is 16.8 Å². The van der Waals surface area contributed by atoms with Gasteiger partial charge < -0.3 is 9.84 Å². The Morgan fingerprint density at radius 1 is 1.29 bits per heavy atom. The number of pyridine rings is 1. The molecule has 0 aliphatic rings. The van der Waals surface area contributed by atoms with Gasteiger partial charge in [0.05, 0.1) is 19.2 Å². The Labute approximate surface area is 100 Å². The lowest BCUT2D eigenvalue weighted by Gasteiger charge is -2.01. The van der Waals surface area contributed by atoms with Gasteiger partial charge in [0.15, 0.2) is 0 Å². The largest absolute Gasteiger partial charge is 0.481 e. The van der Waals surface area contributed by atoms with E-state index in [-0.39, 0.29) is 6.61 Å². The van der Waals surface area contributed by atoms with Gasteiger partial charge in [0.2, 0.25) is 5.88 Å². The zero-order valence-electron chi connectivity index (χ0n) is 9.60. The quantitative estimate of drug-likeness (QED) is 0.798. The second-order valence-electron chi connectivity index (χ2n) is 3.54. The van der Waals surface area contributed by atoms with Crippen molar-refractivity contribution in [3.63, 3.8) is 0 Å². The van der Waals surface area contributed by atoms with Gasteiger partial charge in [-0.25, -0.2) is 4.98 Å². The first-order chi connectivity index (χ1) is 8.33. The SMILES string of the molecule is COc1ccc2cc(C#CCCO)ccc2n1. The van der Waals surface area contributed by atoms with Crippen LogP contribution in [0.3, 0.4) is 0 Å². The van der Waals surface area contributed by atoms with E-state index in [9.17, 15) is 0 Å². The molecule has 1 aromatic heterocycles. The summed E-state index contributed by atoms with van der Waals surface area (Å²) in [5.41, 5.74) is 1.81. The molecule has 0 atom stereocenters. The molecule has 0 saturated carbocycles. The summed E-state index contributed by atoms with van der Waals surface area (Å²) in [5, 5.41) is 9.68. The fourth-order valence-corrected chi connectivity index (χ4v) is 1.52. The maximum absolute atomic E-state index is 8.65. The van der Waals surface area contributed by atoms with Crippen LogP contribution in [-0.4, -0.2) is 23.8 Å². The van der Waals surface area contributed by atoms with E-state index < -0.39 is 0 Å². The van der Waals surface area contributed by atoms with Crippen molar-refractivity contribution >= 4 is 10.9 Å². The van der Waals surface area contributed by atoms with E-state index in [1.165, 1.54) is 0 Å². The van der Waals surface area contributed by atoms with Crippen molar-refractivity contribution in [1.82, 2.24) is 4.98 Å². The summed E-state index contributed by atoms with van der Waals surface area (Å²) >= 11 is 0. The smallest absolute Gasteiger partial charge is 0.213 e. The first-order valence-electron chi connectivity index (χ1n) is 5.38. The van der Waals surface area contributed by atoms with Crippen molar-refractivity contribution in [2.75, 3.05) is 13.7 Å². The number of fused-ring (bicyclic) bond motifs is 1. The summed E-state index contributed by atoms with van der Waals surface area (Å²) in [5.74, 6) is 6.50. The molecule has 0 saturated heterocycles. The Kier molecular flexibility index (Phi) is 3.59. The number of nitrogens with zero attached hydrogens (tertiary/aromatic N) is 1. The maximum Gasteiger partial charge on any atom is 0.213 e. The Morgan fingerprint density at radius 3 is 2.94 bits per heavy atom. The third-order valence-electron chi connectivity index (χ3n) is 2.34. The van der Waals surface area contributed by atoms with Crippen LogP contribution in [0, 0.1) is 11.8 Å². The minimum absolute atomic E-state index is 0.0966. The highest BCUT2D eigenvalue weighted by Gasteiger charge is 1.98. The number of aliphatic hydroxyl groups excluding tert-OH is 1. The summed E-state index contributed by atoms with van der Waals surface area (Å²) in [6.07, 6.45) is 0.499. The highest BCUT2D eigenvalue weighted by Crippen LogP contribution is 2.17. The zero-order chi connectivity index (χ0) is 12.1. The van der Waals surface area contributed by atoms with E-state index in [1.807, 2.05) is 30.3 Å². The van der Waals surface area contributed by atoms with Crippen molar-refractivity contribution in [2.24, 2.45) is 0 Å². The Bertz CT molecular complexity index is 582. The summed E-state index contributed by atoms with van der Waals surface area (Å²) in [6, 6.07) is 9.60. The van der Waals surface area contributed by atoms with Crippen LogP contribution in [0.1, 0.15) is 12.0 Å². The summed E-state index contributed by atoms with van der Waals surface area (Å²) < 4.78 is 5.07. The number of aliphatic hydroxyl groups is 1. The molecule has 86 valence electrons. The monoisotopic (exact) mass is 227 g/mol. The van der Waals surface area contributed by atoms with E-state index in [4.69, 9.17) is 9.84 Å². The fraction of sp³-hybridized carbons (Fsp3) is 0.214. The van der Waals surface area contributed by atoms with E-state index in [0.717, 1.165) is 16.5 Å². The lowest BCUT2D eigenvalue weighted by atomic mass is 10.1. The van der Waals surface area contributed by atoms with Crippen molar-refractivity contribution < 1.29 is 9.84 Å². The minimum Gasteiger partial charge on any atom is -0.481 e. The first-order valence-corrected chi connectivity index (χ1v) is 5.38. The van der Waals surface area contributed by atoms with Crippen LogP contribution in [0.25, 0.3) is 10.9 Å². The van der Waals surface area contributed by atoms with Gasteiger partial charge in [-0.3, -0.25) is 0 Å². The number of hydrogen-bond donors (Lipinski definition) is 1. The number of aromatic nitrogens is 1. The molecule has 3 heteroatoms. The number of methoxy groups -OCH3 is 1. The van der Waals surface area contributed by atoms with Crippen LogP contribution in [0.15, 0.2) is 30.3 Å². The molecule has 0 aliphatic carbocycles. The van der Waals surface area contributed by atoms with Gasteiger partial charge in [-0.1, -0.05) is 11.8 Å². The van der Waals surface area contributed by atoms with Gasteiger partial charge >= 0.3 is 0 Å². The molecule has 0 aliphatic heterocycles. The molecular formula is C14H13NO2. The number of hydrogen-bond acceptors (Lipinski definition) is 3. The predicted octanol–water partition coefficient (Wildman–Crippen LogP) is 1.98. The van der Waals surface area contributed by atoms with E-state index >= 15 is 0 Å².